The first-order chi connectivity index (χ1) is 9.63. The van der Waals surface area contributed by atoms with Gasteiger partial charge in [-0.15, -0.1) is 10.2 Å². The van der Waals surface area contributed by atoms with Gasteiger partial charge in [-0.3, -0.25) is 4.79 Å². The summed E-state index contributed by atoms with van der Waals surface area (Å²) < 4.78 is 2.02. The highest BCUT2D eigenvalue weighted by molar-refractivity contribution is 6.29. The van der Waals surface area contributed by atoms with Crippen molar-refractivity contribution >= 4 is 28.7 Å². The van der Waals surface area contributed by atoms with Gasteiger partial charge in [0.15, 0.2) is 10.8 Å². The summed E-state index contributed by atoms with van der Waals surface area (Å²) in [5.41, 5.74) is 1.54. The lowest BCUT2D eigenvalue weighted by atomic mass is 9.97. The fourth-order valence-electron chi connectivity index (χ4n) is 2.68. The van der Waals surface area contributed by atoms with Gasteiger partial charge < -0.3 is 9.47 Å². The molecule has 1 aliphatic rings. The summed E-state index contributed by atoms with van der Waals surface area (Å²) >= 11 is 5.81. The molecule has 0 aliphatic carbocycles. The van der Waals surface area contributed by atoms with Crippen LogP contribution in [0.5, 0.6) is 0 Å². The molecule has 2 aromatic heterocycles. The first-order valence-corrected chi connectivity index (χ1v) is 7.11. The lowest BCUT2D eigenvalue weighted by Gasteiger charge is -2.31. The molecule has 6 nitrogen and oxygen atoms in total. The Morgan fingerprint density at radius 1 is 1.40 bits per heavy atom. The van der Waals surface area contributed by atoms with E-state index in [-0.39, 0.29) is 5.91 Å². The van der Waals surface area contributed by atoms with Gasteiger partial charge >= 0.3 is 0 Å². The molecule has 0 unspecified atom stereocenters. The average Bonchev–Trinajstić information content (AvgIpc) is 2.81. The van der Waals surface area contributed by atoms with Crippen molar-refractivity contribution in [2.45, 2.75) is 26.3 Å². The van der Waals surface area contributed by atoms with Crippen LogP contribution in [0.25, 0.3) is 11.2 Å². The number of carbonyl (C=O) groups excluding carboxylic acids is 1. The zero-order valence-electron chi connectivity index (χ0n) is 11.3. The molecular weight excluding hydrogens is 278 g/mol. The van der Waals surface area contributed by atoms with Crippen molar-refractivity contribution in [3.63, 3.8) is 0 Å². The molecule has 0 spiro atoms. The summed E-state index contributed by atoms with van der Waals surface area (Å²) in [6, 6.07) is 1.72. The van der Waals surface area contributed by atoms with Crippen molar-refractivity contribution in [3.05, 3.63) is 17.5 Å². The normalized spacial score (nSPS) is 16.8. The topological polar surface area (TPSA) is 63.9 Å². The quantitative estimate of drug-likeness (QED) is 0.846. The number of rotatable bonds is 2. The van der Waals surface area contributed by atoms with Gasteiger partial charge in [0.1, 0.15) is 5.52 Å². The third-order valence-corrected chi connectivity index (χ3v) is 4.03. The van der Waals surface area contributed by atoms with Gasteiger partial charge in [-0.25, -0.2) is 4.98 Å². The highest BCUT2D eigenvalue weighted by atomic mass is 35.5. The predicted molar refractivity (Wildman–Crippen MR) is 75.3 cm³/mol. The van der Waals surface area contributed by atoms with Crippen molar-refractivity contribution in [1.82, 2.24) is 24.6 Å². The van der Waals surface area contributed by atoms with E-state index in [0.717, 1.165) is 43.6 Å². The average molecular weight is 294 g/mol. The number of amides is 1. The molecule has 0 atom stereocenters. The molecule has 1 saturated heterocycles. The van der Waals surface area contributed by atoms with Crippen LogP contribution < -0.4 is 0 Å². The van der Waals surface area contributed by atoms with Crippen LogP contribution in [0.15, 0.2) is 12.4 Å². The van der Waals surface area contributed by atoms with Crippen molar-refractivity contribution < 1.29 is 4.79 Å². The minimum atomic E-state index is 0.164. The van der Waals surface area contributed by atoms with Gasteiger partial charge in [0.2, 0.25) is 5.91 Å². The van der Waals surface area contributed by atoms with Crippen molar-refractivity contribution in [3.8, 4) is 0 Å². The second-order valence-corrected chi connectivity index (χ2v) is 5.61. The zero-order chi connectivity index (χ0) is 14.1. The predicted octanol–water partition coefficient (Wildman–Crippen LogP) is 1.74. The molecule has 1 fully saturated rings. The molecule has 2 aromatic rings. The van der Waals surface area contributed by atoms with E-state index in [1.165, 1.54) is 0 Å². The summed E-state index contributed by atoms with van der Waals surface area (Å²) in [6.07, 6.45) is 3.81. The standard InChI is InChI=1S/C13H16ClN5O/c1-9(20)18-4-2-10(3-5-18)7-19-8-15-11-6-12(14)16-17-13(11)19/h6,8,10H,2-5,7H2,1H3. The Labute approximate surface area is 121 Å². The second kappa shape index (κ2) is 5.36. The highest BCUT2D eigenvalue weighted by Gasteiger charge is 2.21. The van der Waals surface area contributed by atoms with Gasteiger partial charge in [0, 0.05) is 32.6 Å². The number of imidazole rings is 1. The summed E-state index contributed by atoms with van der Waals surface area (Å²) in [5, 5.41) is 8.33. The van der Waals surface area contributed by atoms with Crippen LogP contribution in [0.1, 0.15) is 19.8 Å². The number of piperidine rings is 1. The van der Waals surface area contributed by atoms with Gasteiger partial charge in [0.25, 0.3) is 0 Å². The zero-order valence-corrected chi connectivity index (χ0v) is 12.0. The van der Waals surface area contributed by atoms with E-state index in [4.69, 9.17) is 11.6 Å². The van der Waals surface area contributed by atoms with Crippen LogP contribution in [-0.4, -0.2) is 43.6 Å². The molecule has 1 amide bonds. The van der Waals surface area contributed by atoms with Crippen LogP contribution in [0.2, 0.25) is 5.15 Å². The fourth-order valence-corrected chi connectivity index (χ4v) is 2.82. The summed E-state index contributed by atoms with van der Waals surface area (Å²) in [4.78, 5) is 17.5. The number of hydrogen-bond donors (Lipinski definition) is 0. The number of halogens is 1. The molecule has 3 heterocycles. The maximum atomic E-state index is 11.3. The molecule has 0 radical (unpaired) electrons. The molecule has 0 saturated carbocycles. The minimum absolute atomic E-state index is 0.164. The van der Waals surface area contributed by atoms with Crippen molar-refractivity contribution in [1.29, 1.82) is 0 Å². The minimum Gasteiger partial charge on any atom is -0.343 e. The third kappa shape index (κ3) is 2.60. The van der Waals surface area contributed by atoms with Gasteiger partial charge in [-0.1, -0.05) is 11.6 Å². The maximum Gasteiger partial charge on any atom is 0.219 e. The lowest BCUT2D eigenvalue weighted by Crippen LogP contribution is -2.37. The Bertz CT molecular complexity index is 633. The van der Waals surface area contributed by atoms with Crippen LogP contribution in [0.3, 0.4) is 0 Å². The number of likely N-dealkylation sites (tertiary alicyclic amines) is 1. The smallest absolute Gasteiger partial charge is 0.219 e. The molecule has 0 aromatic carbocycles. The van der Waals surface area contributed by atoms with Crippen LogP contribution in [0, 0.1) is 5.92 Å². The Balaban J connectivity index is 1.70. The second-order valence-electron chi connectivity index (χ2n) is 5.22. The fraction of sp³-hybridized carbons (Fsp3) is 0.538. The van der Waals surface area contributed by atoms with Gasteiger partial charge in [0.05, 0.1) is 6.33 Å². The molecule has 20 heavy (non-hydrogen) atoms. The van der Waals surface area contributed by atoms with Gasteiger partial charge in [-0.05, 0) is 18.8 Å². The number of hydrogen-bond acceptors (Lipinski definition) is 4. The highest BCUT2D eigenvalue weighted by Crippen LogP contribution is 2.21. The first kappa shape index (κ1) is 13.3. The maximum absolute atomic E-state index is 11.3. The van der Waals surface area contributed by atoms with Crippen LogP contribution >= 0.6 is 11.6 Å². The number of aromatic nitrogens is 4. The molecule has 7 heteroatoms. The summed E-state index contributed by atoms with van der Waals surface area (Å²) in [6.45, 7) is 4.16. The lowest BCUT2D eigenvalue weighted by molar-refractivity contribution is -0.130. The van der Waals surface area contributed by atoms with E-state index in [2.05, 4.69) is 15.2 Å². The van der Waals surface area contributed by atoms with E-state index in [0.29, 0.717) is 11.1 Å². The molecule has 106 valence electrons. The molecule has 3 rings (SSSR count). The Morgan fingerprint density at radius 3 is 2.85 bits per heavy atom. The Hall–Kier alpha value is -1.69. The Kier molecular flexibility index (Phi) is 3.56. The Morgan fingerprint density at radius 2 is 2.15 bits per heavy atom. The van der Waals surface area contributed by atoms with E-state index in [1.807, 2.05) is 9.47 Å². The monoisotopic (exact) mass is 293 g/mol. The molecule has 0 N–H and O–H groups in total. The van der Waals surface area contributed by atoms with E-state index < -0.39 is 0 Å². The summed E-state index contributed by atoms with van der Waals surface area (Å²) in [5.74, 6) is 0.706. The van der Waals surface area contributed by atoms with E-state index in [9.17, 15) is 4.79 Å². The van der Waals surface area contributed by atoms with E-state index >= 15 is 0 Å². The largest absolute Gasteiger partial charge is 0.343 e. The van der Waals surface area contributed by atoms with Crippen LogP contribution in [0.4, 0.5) is 0 Å². The van der Waals surface area contributed by atoms with Crippen molar-refractivity contribution in [2.75, 3.05) is 13.1 Å². The van der Waals surface area contributed by atoms with Crippen LogP contribution in [-0.2, 0) is 11.3 Å². The summed E-state index contributed by atoms with van der Waals surface area (Å²) in [7, 11) is 0. The first-order valence-electron chi connectivity index (χ1n) is 6.73. The molecule has 0 bridgehead atoms. The molecular formula is C13H16ClN5O. The SMILES string of the molecule is CC(=O)N1CCC(Cn2cnc3cc(Cl)nnc32)CC1. The number of nitrogens with zero attached hydrogens (tertiary/aromatic N) is 5. The number of fused-ring (bicyclic) bond motifs is 1. The third-order valence-electron chi connectivity index (χ3n) is 3.85. The van der Waals surface area contributed by atoms with Crippen molar-refractivity contribution in [2.24, 2.45) is 5.92 Å². The van der Waals surface area contributed by atoms with E-state index in [1.54, 1.807) is 19.3 Å². The number of carbonyl (C=O) groups is 1. The van der Waals surface area contributed by atoms with Gasteiger partial charge in [-0.2, -0.15) is 0 Å². The molecule has 1 aliphatic heterocycles.